The number of rotatable bonds is 3. The molecule has 0 radical (unpaired) electrons. The Morgan fingerprint density at radius 3 is 2.94 bits per heavy atom. The van der Waals surface area contributed by atoms with Crippen LogP contribution in [0.25, 0.3) is 0 Å². The molecular formula is C14H18BrNO. The van der Waals surface area contributed by atoms with Crippen molar-refractivity contribution in [3.63, 3.8) is 0 Å². The van der Waals surface area contributed by atoms with E-state index in [1.807, 2.05) is 0 Å². The molecule has 17 heavy (non-hydrogen) atoms. The van der Waals surface area contributed by atoms with E-state index in [1.54, 1.807) is 0 Å². The number of aliphatic hydroxyl groups is 1. The predicted octanol–water partition coefficient (Wildman–Crippen LogP) is 2.80. The van der Waals surface area contributed by atoms with Crippen molar-refractivity contribution < 1.29 is 5.11 Å². The zero-order valence-electron chi connectivity index (χ0n) is 9.82. The molecule has 2 aliphatic carbocycles. The molecule has 3 heteroatoms. The Morgan fingerprint density at radius 1 is 1.35 bits per heavy atom. The molecular weight excluding hydrogens is 278 g/mol. The summed E-state index contributed by atoms with van der Waals surface area (Å²) in [7, 11) is 0. The van der Waals surface area contributed by atoms with E-state index < -0.39 is 0 Å². The summed E-state index contributed by atoms with van der Waals surface area (Å²) in [5.41, 5.74) is 2.94. The van der Waals surface area contributed by atoms with E-state index in [1.165, 1.54) is 28.4 Å². The minimum atomic E-state index is -0.0337. The first kappa shape index (κ1) is 11.7. The van der Waals surface area contributed by atoms with Gasteiger partial charge in [0.1, 0.15) is 0 Å². The second-order valence-electron chi connectivity index (χ2n) is 5.33. The number of nitrogens with one attached hydrogen (secondary N) is 1. The van der Waals surface area contributed by atoms with Crippen LogP contribution in [0.15, 0.2) is 22.7 Å². The first-order chi connectivity index (χ1) is 8.22. The highest BCUT2D eigenvalue weighted by atomic mass is 79.9. The lowest BCUT2D eigenvalue weighted by Gasteiger charge is -2.32. The van der Waals surface area contributed by atoms with Gasteiger partial charge in [-0.2, -0.15) is 0 Å². The van der Waals surface area contributed by atoms with Crippen LogP contribution >= 0.6 is 15.9 Å². The van der Waals surface area contributed by atoms with Crippen LogP contribution in [0.4, 0.5) is 0 Å². The maximum Gasteiger partial charge on any atom is 0.0546 e. The van der Waals surface area contributed by atoms with Crippen molar-refractivity contribution in [1.82, 2.24) is 5.32 Å². The van der Waals surface area contributed by atoms with Crippen molar-refractivity contribution in [2.75, 3.05) is 6.54 Å². The largest absolute Gasteiger partial charge is 0.393 e. The van der Waals surface area contributed by atoms with Crippen molar-refractivity contribution in [2.45, 2.75) is 37.8 Å². The molecule has 0 amide bonds. The molecule has 1 unspecified atom stereocenters. The Labute approximate surface area is 111 Å². The van der Waals surface area contributed by atoms with Gasteiger partial charge in [-0.15, -0.1) is 0 Å². The highest BCUT2D eigenvalue weighted by Crippen LogP contribution is 2.34. The molecule has 1 saturated carbocycles. The SMILES string of the molecule is OC1CC(CNC2CCc3cc(Br)ccc32)C1. The fraction of sp³-hybridized carbons (Fsp3) is 0.571. The van der Waals surface area contributed by atoms with Crippen LogP contribution in [0.2, 0.25) is 0 Å². The van der Waals surface area contributed by atoms with Crippen molar-refractivity contribution in [1.29, 1.82) is 0 Å². The molecule has 2 N–H and O–H groups in total. The van der Waals surface area contributed by atoms with Crippen LogP contribution in [0, 0.1) is 5.92 Å². The average molecular weight is 296 g/mol. The number of aliphatic hydroxyl groups excluding tert-OH is 1. The van der Waals surface area contributed by atoms with E-state index in [9.17, 15) is 5.11 Å². The van der Waals surface area contributed by atoms with Crippen molar-refractivity contribution in [3.05, 3.63) is 33.8 Å². The van der Waals surface area contributed by atoms with Gasteiger partial charge < -0.3 is 10.4 Å². The summed E-state index contributed by atoms with van der Waals surface area (Å²) in [4.78, 5) is 0. The van der Waals surface area contributed by atoms with E-state index in [-0.39, 0.29) is 6.10 Å². The zero-order chi connectivity index (χ0) is 11.8. The molecule has 1 aromatic carbocycles. The molecule has 1 atom stereocenters. The fourth-order valence-corrected chi connectivity index (χ4v) is 3.38. The minimum Gasteiger partial charge on any atom is -0.393 e. The lowest BCUT2D eigenvalue weighted by molar-refractivity contribution is 0.0418. The molecule has 0 heterocycles. The van der Waals surface area contributed by atoms with E-state index >= 15 is 0 Å². The zero-order valence-corrected chi connectivity index (χ0v) is 11.4. The van der Waals surface area contributed by atoms with Gasteiger partial charge in [0.05, 0.1) is 6.10 Å². The Kier molecular flexibility index (Phi) is 3.24. The molecule has 0 saturated heterocycles. The van der Waals surface area contributed by atoms with Gasteiger partial charge in [-0.3, -0.25) is 0 Å². The fourth-order valence-electron chi connectivity index (χ4n) is 2.97. The van der Waals surface area contributed by atoms with E-state index in [0.717, 1.165) is 19.4 Å². The first-order valence-corrected chi connectivity index (χ1v) is 7.21. The number of hydrogen-bond acceptors (Lipinski definition) is 2. The van der Waals surface area contributed by atoms with Crippen LogP contribution in [-0.2, 0) is 6.42 Å². The number of aryl methyl sites for hydroxylation is 1. The quantitative estimate of drug-likeness (QED) is 0.899. The van der Waals surface area contributed by atoms with Crippen molar-refractivity contribution in [3.8, 4) is 0 Å². The number of benzene rings is 1. The standard InChI is InChI=1S/C14H18BrNO/c15-11-2-3-13-10(7-11)1-4-14(13)16-8-9-5-12(17)6-9/h2-3,7,9,12,14,16-17H,1,4-6,8H2. The molecule has 2 aliphatic rings. The summed E-state index contributed by atoms with van der Waals surface area (Å²) in [5, 5.41) is 12.9. The van der Waals surface area contributed by atoms with E-state index in [4.69, 9.17) is 0 Å². The lowest BCUT2D eigenvalue weighted by Crippen LogP contribution is -2.37. The number of hydrogen-bond donors (Lipinski definition) is 2. The van der Waals surface area contributed by atoms with Crippen LogP contribution in [0.3, 0.4) is 0 Å². The summed E-state index contributed by atoms with van der Waals surface area (Å²) < 4.78 is 1.18. The van der Waals surface area contributed by atoms with Crippen LogP contribution in [0.5, 0.6) is 0 Å². The first-order valence-electron chi connectivity index (χ1n) is 6.42. The molecule has 0 bridgehead atoms. The van der Waals surface area contributed by atoms with E-state index in [0.29, 0.717) is 12.0 Å². The second-order valence-corrected chi connectivity index (χ2v) is 6.25. The smallest absolute Gasteiger partial charge is 0.0546 e. The van der Waals surface area contributed by atoms with Gasteiger partial charge in [-0.1, -0.05) is 22.0 Å². The highest BCUT2D eigenvalue weighted by molar-refractivity contribution is 9.10. The van der Waals surface area contributed by atoms with E-state index in [2.05, 4.69) is 39.4 Å². The molecule has 0 aromatic heterocycles. The van der Waals surface area contributed by atoms with Gasteiger partial charge in [0.2, 0.25) is 0 Å². The molecule has 3 rings (SSSR count). The van der Waals surface area contributed by atoms with Gasteiger partial charge in [-0.25, -0.2) is 0 Å². The van der Waals surface area contributed by atoms with Gasteiger partial charge in [0.15, 0.2) is 0 Å². The van der Waals surface area contributed by atoms with Gasteiger partial charge in [0, 0.05) is 10.5 Å². The number of fused-ring (bicyclic) bond motifs is 1. The molecule has 2 nitrogen and oxygen atoms in total. The Morgan fingerprint density at radius 2 is 2.18 bits per heavy atom. The predicted molar refractivity (Wildman–Crippen MR) is 71.9 cm³/mol. The van der Waals surface area contributed by atoms with Crippen LogP contribution < -0.4 is 5.32 Å². The maximum absolute atomic E-state index is 9.27. The average Bonchev–Trinajstić information content (AvgIpc) is 2.65. The number of halogens is 1. The van der Waals surface area contributed by atoms with Gasteiger partial charge in [0.25, 0.3) is 0 Å². The molecule has 1 aromatic rings. The summed E-state index contributed by atoms with van der Waals surface area (Å²) in [6, 6.07) is 7.13. The summed E-state index contributed by atoms with van der Waals surface area (Å²) in [6.45, 7) is 1.05. The molecule has 1 fully saturated rings. The summed E-state index contributed by atoms with van der Waals surface area (Å²) >= 11 is 3.53. The Bertz CT molecular complexity index is 415. The summed E-state index contributed by atoms with van der Waals surface area (Å²) in [6.07, 6.45) is 4.31. The molecule has 0 spiro atoms. The molecule has 92 valence electrons. The highest BCUT2D eigenvalue weighted by Gasteiger charge is 2.29. The topological polar surface area (TPSA) is 32.3 Å². The third kappa shape index (κ3) is 2.42. The third-order valence-electron chi connectivity index (χ3n) is 4.05. The Hall–Kier alpha value is -0.380. The maximum atomic E-state index is 9.27. The minimum absolute atomic E-state index is 0.0337. The summed E-state index contributed by atoms with van der Waals surface area (Å²) in [5.74, 6) is 0.685. The van der Waals surface area contributed by atoms with Crippen molar-refractivity contribution in [2.24, 2.45) is 5.92 Å². The van der Waals surface area contributed by atoms with Gasteiger partial charge in [-0.05, 0) is 61.4 Å². The van der Waals surface area contributed by atoms with Gasteiger partial charge >= 0.3 is 0 Å². The lowest BCUT2D eigenvalue weighted by atomic mass is 9.82. The normalized spacial score (nSPS) is 31.1. The van der Waals surface area contributed by atoms with Crippen molar-refractivity contribution >= 4 is 15.9 Å². The Balaban J connectivity index is 1.60. The third-order valence-corrected chi connectivity index (χ3v) is 4.54. The monoisotopic (exact) mass is 295 g/mol. The van der Waals surface area contributed by atoms with Crippen LogP contribution in [0.1, 0.15) is 36.4 Å². The second kappa shape index (κ2) is 4.71. The van der Waals surface area contributed by atoms with Crippen LogP contribution in [-0.4, -0.2) is 17.8 Å². The molecule has 0 aliphatic heterocycles.